The molecule has 0 unspecified atom stereocenters. The van der Waals surface area contributed by atoms with Crippen LogP contribution in [0, 0.1) is 0 Å². The van der Waals surface area contributed by atoms with Gasteiger partial charge in [0.25, 0.3) is 0 Å². The maximum Gasteiger partial charge on any atom is 0.121 e. The fourth-order valence-corrected chi connectivity index (χ4v) is 4.12. The van der Waals surface area contributed by atoms with E-state index in [1.54, 1.807) is 7.11 Å². The third-order valence-electron chi connectivity index (χ3n) is 5.55. The first-order chi connectivity index (χ1) is 13.7. The summed E-state index contributed by atoms with van der Waals surface area (Å²) in [4.78, 5) is 6.75. The molecule has 148 valence electrons. The fraction of sp³-hybridized carbons (Fsp3) is 0.455. The van der Waals surface area contributed by atoms with Crippen molar-refractivity contribution < 1.29 is 4.74 Å². The molecule has 1 aromatic carbocycles. The minimum atomic E-state index is 0.621. The monoisotopic (exact) mass is 379 g/mol. The molecule has 0 aliphatic heterocycles. The molecule has 0 saturated heterocycles. The Bertz CT molecular complexity index is 894. The maximum absolute atomic E-state index is 5.31. The zero-order chi connectivity index (χ0) is 19.3. The standard InChI is InChI=1S/C22H29N5O/c1-25(16-21-13-23-17-26(21)19-7-4-3-5-8-19)14-18-12-24-27(15-18)20-9-6-10-22(11-20)28-2/h6,9-13,15,17,19H,3-5,7-8,14,16H2,1-2H3. The van der Waals surface area contributed by atoms with Crippen LogP contribution in [0.25, 0.3) is 5.69 Å². The summed E-state index contributed by atoms with van der Waals surface area (Å²) in [6.07, 6.45) is 14.7. The lowest BCUT2D eigenvalue weighted by Crippen LogP contribution is -2.21. The summed E-state index contributed by atoms with van der Waals surface area (Å²) in [5.74, 6) is 0.836. The number of nitrogens with zero attached hydrogens (tertiary/aromatic N) is 5. The molecule has 0 atom stereocenters. The molecule has 28 heavy (non-hydrogen) atoms. The number of rotatable bonds is 7. The number of hydrogen-bond acceptors (Lipinski definition) is 4. The second-order valence-corrected chi connectivity index (χ2v) is 7.75. The molecular formula is C22H29N5O. The largest absolute Gasteiger partial charge is 0.497 e. The highest BCUT2D eigenvalue weighted by Crippen LogP contribution is 2.29. The van der Waals surface area contributed by atoms with E-state index in [9.17, 15) is 0 Å². The molecule has 2 heterocycles. The van der Waals surface area contributed by atoms with Gasteiger partial charge in [0.15, 0.2) is 0 Å². The van der Waals surface area contributed by atoms with E-state index < -0.39 is 0 Å². The first-order valence-electron chi connectivity index (χ1n) is 10.1. The highest BCUT2D eigenvalue weighted by atomic mass is 16.5. The molecular weight excluding hydrogens is 350 g/mol. The minimum absolute atomic E-state index is 0.621. The highest BCUT2D eigenvalue weighted by Gasteiger charge is 2.18. The van der Waals surface area contributed by atoms with E-state index in [-0.39, 0.29) is 0 Å². The Morgan fingerprint density at radius 2 is 2.00 bits per heavy atom. The lowest BCUT2D eigenvalue weighted by Gasteiger charge is -2.26. The summed E-state index contributed by atoms with van der Waals surface area (Å²) in [7, 11) is 3.84. The Kier molecular flexibility index (Phi) is 5.76. The van der Waals surface area contributed by atoms with Gasteiger partial charge in [0.05, 0.1) is 31.0 Å². The lowest BCUT2D eigenvalue weighted by molar-refractivity contribution is 0.290. The Hall–Kier alpha value is -2.60. The third kappa shape index (κ3) is 4.28. The topological polar surface area (TPSA) is 48.1 Å². The van der Waals surface area contributed by atoms with E-state index >= 15 is 0 Å². The van der Waals surface area contributed by atoms with Crippen LogP contribution in [0.1, 0.15) is 49.4 Å². The normalized spacial score (nSPS) is 15.2. The van der Waals surface area contributed by atoms with Crippen molar-refractivity contribution in [1.82, 2.24) is 24.2 Å². The van der Waals surface area contributed by atoms with Crippen LogP contribution in [0.5, 0.6) is 5.75 Å². The first-order valence-corrected chi connectivity index (χ1v) is 10.1. The average molecular weight is 380 g/mol. The van der Waals surface area contributed by atoms with Gasteiger partial charge in [-0.15, -0.1) is 0 Å². The van der Waals surface area contributed by atoms with Gasteiger partial charge < -0.3 is 9.30 Å². The third-order valence-corrected chi connectivity index (χ3v) is 5.55. The van der Waals surface area contributed by atoms with E-state index in [0.717, 1.165) is 24.5 Å². The Labute approximate surface area is 166 Å². The van der Waals surface area contributed by atoms with Crippen molar-refractivity contribution in [1.29, 1.82) is 0 Å². The van der Waals surface area contributed by atoms with Gasteiger partial charge in [-0.1, -0.05) is 25.3 Å². The van der Waals surface area contributed by atoms with Gasteiger partial charge in [-0.2, -0.15) is 5.10 Å². The summed E-state index contributed by atoms with van der Waals surface area (Å²) in [6, 6.07) is 8.57. The highest BCUT2D eigenvalue weighted by molar-refractivity contribution is 5.38. The molecule has 0 bridgehead atoms. The molecule has 6 nitrogen and oxygen atoms in total. The minimum Gasteiger partial charge on any atom is -0.497 e. The number of ether oxygens (including phenoxy) is 1. The molecule has 1 fully saturated rings. The molecule has 0 radical (unpaired) electrons. The number of imidazole rings is 1. The van der Waals surface area contributed by atoms with Crippen molar-refractivity contribution in [3.63, 3.8) is 0 Å². The van der Waals surface area contributed by atoms with Crippen molar-refractivity contribution >= 4 is 0 Å². The molecule has 4 rings (SSSR count). The van der Waals surface area contributed by atoms with Gasteiger partial charge in [-0.05, 0) is 32.0 Å². The van der Waals surface area contributed by atoms with Gasteiger partial charge in [0, 0.05) is 43.2 Å². The fourth-order valence-electron chi connectivity index (χ4n) is 4.12. The van der Waals surface area contributed by atoms with Crippen molar-refractivity contribution in [2.45, 2.75) is 51.2 Å². The summed E-state index contributed by atoms with van der Waals surface area (Å²) < 4.78 is 9.61. The van der Waals surface area contributed by atoms with Gasteiger partial charge in [-0.25, -0.2) is 9.67 Å². The molecule has 0 N–H and O–H groups in total. The zero-order valence-electron chi connectivity index (χ0n) is 16.8. The van der Waals surface area contributed by atoms with Crippen LogP contribution in [0.3, 0.4) is 0 Å². The van der Waals surface area contributed by atoms with Gasteiger partial charge >= 0.3 is 0 Å². The first kappa shape index (κ1) is 18.7. The SMILES string of the molecule is COc1cccc(-n2cc(CN(C)Cc3cncn3C3CCCCC3)cn2)c1. The number of aromatic nitrogens is 4. The molecule has 1 aliphatic rings. The van der Waals surface area contributed by atoms with E-state index in [0.29, 0.717) is 6.04 Å². The summed E-state index contributed by atoms with van der Waals surface area (Å²) >= 11 is 0. The Morgan fingerprint density at radius 3 is 2.82 bits per heavy atom. The summed E-state index contributed by atoms with van der Waals surface area (Å²) in [5, 5.41) is 4.52. The molecule has 1 aliphatic carbocycles. The number of methoxy groups -OCH3 is 1. The van der Waals surface area contributed by atoms with Crippen molar-refractivity contribution in [3.05, 3.63) is 60.4 Å². The van der Waals surface area contributed by atoms with Crippen LogP contribution in [0.4, 0.5) is 0 Å². The predicted molar refractivity (Wildman–Crippen MR) is 110 cm³/mol. The Morgan fingerprint density at radius 1 is 1.14 bits per heavy atom. The molecule has 1 saturated carbocycles. The Balaban J connectivity index is 1.40. The smallest absolute Gasteiger partial charge is 0.121 e. The second kappa shape index (κ2) is 8.61. The number of hydrogen-bond donors (Lipinski definition) is 0. The van der Waals surface area contributed by atoms with Crippen molar-refractivity contribution in [3.8, 4) is 11.4 Å². The maximum atomic E-state index is 5.31. The molecule has 0 spiro atoms. The predicted octanol–water partition coefficient (Wildman–Crippen LogP) is 4.21. The van der Waals surface area contributed by atoms with Crippen LogP contribution in [-0.2, 0) is 13.1 Å². The van der Waals surface area contributed by atoms with Crippen LogP contribution >= 0.6 is 0 Å². The zero-order valence-corrected chi connectivity index (χ0v) is 16.8. The van der Waals surface area contributed by atoms with Crippen molar-refractivity contribution in [2.24, 2.45) is 0 Å². The van der Waals surface area contributed by atoms with Crippen molar-refractivity contribution in [2.75, 3.05) is 14.2 Å². The van der Waals surface area contributed by atoms with E-state index in [4.69, 9.17) is 4.74 Å². The molecule has 6 heteroatoms. The van der Waals surface area contributed by atoms with Crippen LogP contribution in [-0.4, -0.2) is 38.4 Å². The molecule has 2 aromatic heterocycles. The van der Waals surface area contributed by atoms with Gasteiger partial charge in [-0.3, -0.25) is 4.90 Å². The summed E-state index contributed by atoms with van der Waals surface area (Å²) in [5.41, 5.74) is 3.49. The van der Waals surface area contributed by atoms with Crippen LogP contribution in [0.2, 0.25) is 0 Å². The van der Waals surface area contributed by atoms with Crippen LogP contribution < -0.4 is 4.74 Å². The van der Waals surface area contributed by atoms with Gasteiger partial charge in [0.1, 0.15) is 5.75 Å². The number of benzene rings is 1. The van der Waals surface area contributed by atoms with E-state index in [1.807, 2.05) is 47.7 Å². The van der Waals surface area contributed by atoms with Gasteiger partial charge in [0.2, 0.25) is 0 Å². The lowest BCUT2D eigenvalue weighted by atomic mass is 9.95. The second-order valence-electron chi connectivity index (χ2n) is 7.75. The quantitative estimate of drug-likeness (QED) is 0.617. The van der Waals surface area contributed by atoms with E-state index in [2.05, 4.69) is 32.8 Å². The molecule has 0 amide bonds. The van der Waals surface area contributed by atoms with E-state index in [1.165, 1.54) is 43.4 Å². The average Bonchev–Trinajstić information content (AvgIpc) is 3.38. The molecule has 3 aromatic rings. The van der Waals surface area contributed by atoms with Crippen LogP contribution in [0.15, 0.2) is 49.2 Å². The summed E-state index contributed by atoms with van der Waals surface area (Å²) in [6.45, 7) is 1.74.